The first-order valence-electron chi connectivity index (χ1n) is 6.79. The average Bonchev–Trinajstić information content (AvgIpc) is 2.71. The Morgan fingerprint density at radius 1 is 1.33 bits per heavy atom. The van der Waals surface area contributed by atoms with Crippen molar-refractivity contribution in [2.24, 2.45) is 11.7 Å². The zero-order valence-electron chi connectivity index (χ0n) is 11.2. The minimum absolute atomic E-state index is 0.0339. The van der Waals surface area contributed by atoms with Crippen LogP contribution in [0.25, 0.3) is 0 Å². The molecule has 18 heavy (non-hydrogen) atoms. The van der Waals surface area contributed by atoms with Crippen LogP contribution in [0.5, 0.6) is 0 Å². The van der Waals surface area contributed by atoms with Crippen molar-refractivity contribution >= 4 is 5.97 Å². The lowest BCUT2D eigenvalue weighted by molar-refractivity contribution is -0.145. The smallest absolute Gasteiger partial charge is 0.323 e. The molecule has 5 heteroatoms. The van der Waals surface area contributed by atoms with Gasteiger partial charge >= 0.3 is 5.97 Å². The fourth-order valence-corrected chi connectivity index (χ4v) is 2.48. The number of hydrogen-bond acceptors (Lipinski definition) is 4. The van der Waals surface area contributed by atoms with E-state index in [2.05, 4.69) is 6.92 Å². The van der Waals surface area contributed by atoms with Crippen LogP contribution in [0.1, 0.15) is 39.0 Å². The highest BCUT2D eigenvalue weighted by Gasteiger charge is 2.45. The molecule has 5 nitrogen and oxygen atoms in total. The van der Waals surface area contributed by atoms with Gasteiger partial charge in [-0.05, 0) is 31.6 Å². The van der Waals surface area contributed by atoms with E-state index in [1.165, 1.54) is 0 Å². The minimum atomic E-state index is -1.04. The predicted octanol–water partition coefficient (Wildman–Crippen LogP) is 1.40. The number of nitrogens with two attached hydrogens (primary N) is 1. The molecule has 0 aromatic heterocycles. The van der Waals surface area contributed by atoms with E-state index in [1.54, 1.807) is 0 Å². The third-order valence-electron chi connectivity index (χ3n) is 3.60. The molecule has 0 heterocycles. The van der Waals surface area contributed by atoms with E-state index >= 15 is 0 Å². The third-order valence-corrected chi connectivity index (χ3v) is 3.60. The summed E-state index contributed by atoms with van der Waals surface area (Å²) >= 11 is 0. The molecule has 2 atom stereocenters. The number of hydrogen-bond donors (Lipinski definition) is 2. The van der Waals surface area contributed by atoms with Gasteiger partial charge in [-0.15, -0.1) is 0 Å². The normalized spacial score (nSPS) is 27.6. The molecule has 0 amide bonds. The van der Waals surface area contributed by atoms with Crippen molar-refractivity contribution in [2.75, 3.05) is 26.4 Å². The maximum atomic E-state index is 11.2. The Morgan fingerprint density at radius 2 is 2.00 bits per heavy atom. The SMILES string of the molecule is CCCOCCOCCC1CCCC1(N)C(=O)O. The van der Waals surface area contributed by atoms with E-state index in [9.17, 15) is 4.79 Å². The van der Waals surface area contributed by atoms with Crippen LogP contribution in [0.2, 0.25) is 0 Å². The highest BCUT2D eigenvalue weighted by molar-refractivity contribution is 5.79. The molecule has 0 aromatic rings. The Morgan fingerprint density at radius 3 is 2.61 bits per heavy atom. The second-order valence-electron chi connectivity index (χ2n) is 4.95. The van der Waals surface area contributed by atoms with Gasteiger partial charge in [-0.2, -0.15) is 0 Å². The van der Waals surface area contributed by atoms with Crippen molar-refractivity contribution in [3.8, 4) is 0 Å². The topological polar surface area (TPSA) is 81.8 Å². The zero-order valence-corrected chi connectivity index (χ0v) is 11.2. The molecule has 1 aliphatic carbocycles. The van der Waals surface area contributed by atoms with Crippen LogP contribution in [0, 0.1) is 5.92 Å². The molecule has 1 rings (SSSR count). The summed E-state index contributed by atoms with van der Waals surface area (Å²) in [7, 11) is 0. The van der Waals surface area contributed by atoms with Crippen LogP contribution in [-0.4, -0.2) is 43.0 Å². The molecule has 3 N–H and O–H groups in total. The average molecular weight is 259 g/mol. The fourth-order valence-electron chi connectivity index (χ4n) is 2.48. The fraction of sp³-hybridized carbons (Fsp3) is 0.923. The molecule has 1 fully saturated rings. The van der Waals surface area contributed by atoms with Crippen molar-refractivity contribution in [3.63, 3.8) is 0 Å². The minimum Gasteiger partial charge on any atom is -0.480 e. The Labute approximate surface area is 109 Å². The van der Waals surface area contributed by atoms with Gasteiger partial charge in [0.1, 0.15) is 5.54 Å². The standard InChI is InChI=1S/C13H25NO4/c1-2-7-17-9-10-18-8-5-11-4-3-6-13(11,14)12(15)16/h11H,2-10,14H2,1H3,(H,15,16). The van der Waals surface area contributed by atoms with Gasteiger partial charge in [0.25, 0.3) is 0 Å². The zero-order chi connectivity index (χ0) is 13.4. The molecule has 106 valence electrons. The quantitative estimate of drug-likeness (QED) is 0.612. The molecule has 1 aliphatic rings. The molecule has 0 aromatic carbocycles. The van der Waals surface area contributed by atoms with Crippen molar-refractivity contribution in [2.45, 2.75) is 44.6 Å². The van der Waals surface area contributed by atoms with Crippen molar-refractivity contribution in [1.29, 1.82) is 0 Å². The van der Waals surface area contributed by atoms with E-state index in [1.807, 2.05) is 0 Å². The van der Waals surface area contributed by atoms with E-state index in [4.69, 9.17) is 20.3 Å². The maximum Gasteiger partial charge on any atom is 0.323 e. The van der Waals surface area contributed by atoms with Gasteiger partial charge in [0.05, 0.1) is 13.2 Å². The number of aliphatic carboxylic acids is 1. The van der Waals surface area contributed by atoms with Gasteiger partial charge in [-0.1, -0.05) is 13.3 Å². The summed E-state index contributed by atoms with van der Waals surface area (Å²) in [5, 5.41) is 9.16. The summed E-state index contributed by atoms with van der Waals surface area (Å²) in [6, 6.07) is 0. The molecule has 0 radical (unpaired) electrons. The van der Waals surface area contributed by atoms with Gasteiger partial charge < -0.3 is 20.3 Å². The molecule has 0 saturated heterocycles. The van der Waals surface area contributed by atoms with Crippen molar-refractivity contribution < 1.29 is 19.4 Å². The Hall–Kier alpha value is -0.650. The summed E-state index contributed by atoms with van der Waals surface area (Å²) in [6.07, 6.45) is 4.09. The van der Waals surface area contributed by atoms with Crippen molar-refractivity contribution in [3.05, 3.63) is 0 Å². The molecular formula is C13H25NO4. The van der Waals surface area contributed by atoms with E-state index in [0.717, 1.165) is 32.3 Å². The number of ether oxygens (including phenoxy) is 2. The summed E-state index contributed by atoms with van der Waals surface area (Å²) in [5.41, 5.74) is 4.91. The first-order chi connectivity index (χ1) is 8.61. The lowest BCUT2D eigenvalue weighted by Gasteiger charge is -2.26. The summed E-state index contributed by atoms with van der Waals surface area (Å²) < 4.78 is 10.7. The van der Waals surface area contributed by atoms with Gasteiger partial charge in [-0.3, -0.25) is 4.79 Å². The predicted molar refractivity (Wildman–Crippen MR) is 68.4 cm³/mol. The number of carbonyl (C=O) groups is 1. The second-order valence-corrected chi connectivity index (χ2v) is 4.95. The lowest BCUT2D eigenvalue weighted by Crippen LogP contribution is -2.51. The monoisotopic (exact) mass is 259 g/mol. The highest BCUT2D eigenvalue weighted by Crippen LogP contribution is 2.36. The maximum absolute atomic E-state index is 11.2. The van der Waals surface area contributed by atoms with Gasteiger partial charge in [-0.25, -0.2) is 0 Å². The van der Waals surface area contributed by atoms with Crippen LogP contribution in [0.4, 0.5) is 0 Å². The number of rotatable bonds is 9. The third kappa shape index (κ3) is 4.23. The Balaban J connectivity index is 2.13. The first kappa shape index (κ1) is 15.4. The summed E-state index contributed by atoms with van der Waals surface area (Å²) in [6.45, 7) is 4.56. The van der Waals surface area contributed by atoms with Gasteiger partial charge in [0, 0.05) is 13.2 Å². The van der Waals surface area contributed by atoms with Crippen LogP contribution in [0.3, 0.4) is 0 Å². The molecular weight excluding hydrogens is 234 g/mol. The molecule has 0 spiro atoms. The molecule has 0 aliphatic heterocycles. The summed E-state index contributed by atoms with van der Waals surface area (Å²) in [4.78, 5) is 11.2. The van der Waals surface area contributed by atoms with E-state index in [0.29, 0.717) is 26.2 Å². The largest absolute Gasteiger partial charge is 0.480 e. The van der Waals surface area contributed by atoms with Crippen LogP contribution >= 0.6 is 0 Å². The van der Waals surface area contributed by atoms with Crippen LogP contribution in [0.15, 0.2) is 0 Å². The molecule has 2 unspecified atom stereocenters. The lowest BCUT2D eigenvalue weighted by atomic mass is 9.86. The van der Waals surface area contributed by atoms with Gasteiger partial charge in [0.2, 0.25) is 0 Å². The van der Waals surface area contributed by atoms with E-state index < -0.39 is 11.5 Å². The second kappa shape index (κ2) is 7.71. The van der Waals surface area contributed by atoms with Crippen molar-refractivity contribution in [1.82, 2.24) is 0 Å². The highest BCUT2D eigenvalue weighted by atomic mass is 16.5. The van der Waals surface area contributed by atoms with Crippen LogP contribution in [-0.2, 0) is 14.3 Å². The number of carboxylic acids is 1. The number of carboxylic acid groups (broad SMARTS) is 1. The Bertz CT molecular complexity index is 259. The van der Waals surface area contributed by atoms with E-state index in [-0.39, 0.29) is 5.92 Å². The summed E-state index contributed by atoms with van der Waals surface area (Å²) in [5.74, 6) is -0.845. The molecule has 1 saturated carbocycles. The first-order valence-corrected chi connectivity index (χ1v) is 6.79. The van der Waals surface area contributed by atoms with Crippen LogP contribution < -0.4 is 5.73 Å². The Kier molecular flexibility index (Phi) is 6.60. The molecule has 0 bridgehead atoms. The van der Waals surface area contributed by atoms with Gasteiger partial charge in [0.15, 0.2) is 0 Å².